The minimum atomic E-state index is 0.411. The average molecular weight is 297 g/mol. The number of allylic oxidation sites excluding steroid dienone is 4. The Balaban J connectivity index is 2.53. The van der Waals surface area contributed by atoms with Crippen LogP contribution in [0.3, 0.4) is 0 Å². The van der Waals surface area contributed by atoms with Crippen LogP contribution < -0.4 is 0 Å². The van der Waals surface area contributed by atoms with Gasteiger partial charge in [0.2, 0.25) is 0 Å². The second-order valence-corrected chi connectivity index (χ2v) is 4.74. The third-order valence-corrected chi connectivity index (χ3v) is 2.96. The molecular formula is C8H11Os. The first-order valence-electron chi connectivity index (χ1n) is 3.31. The molecule has 0 aromatic carbocycles. The molecule has 0 aliphatic heterocycles. The molecule has 0 heterocycles. The Bertz CT molecular complexity index is 133. The van der Waals surface area contributed by atoms with Crippen LogP contribution >= 0.6 is 0 Å². The second-order valence-electron chi connectivity index (χ2n) is 2.37. The van der Waals surface area contributed by atoms with E-state index in [0.29, 0.717) is 3.97 Å². The van der Waals surface area contributed by atoms with E-state index in [2.05, 4.69) is 49.8 Å². The van der Waals surface area contributed by atoms with E-state index in [1.165, 1.54) is 12.8 Å². The molecule has 0 aromatic rings. The van der Waals surface area contributed by atoms with E-state index in [9.17, 15) is 0 Å². The molecular weight excluding hydrogens is 286 g/mol. The van der Waals surface area contributed by atoms with Crippen LogP contribution in [-0.4, -0.2) is 0 Å². The van der Waals surface area contributed by atoms with Crippen molar-refractivity contribution in [3.63, 3.8) is 0 Å². The van der Waals surface area contributed by atoms with Gasteiger partial charge >= 0.3 is 66.6 Å². The van der Waals surface area contributed by atoms with E-state index < -0.39 is 0 Å². The van der Waals surface area contributed by atoms with E-state index in [1.807, 2.05) is 0 Å². The summed E-state index contributed by atoms with van der Waals surface area (Å²) in [4.78, 5) is 0. The summed E-state index contributed by atoms with van der Waals surface area (Å²) in [6.07, 6.45) is 11.4. The summed E-state index contributed by atoms with van der Waals surface area (Å²) in [6.45, 7) is 2.23. The molecule has 0 radical (unpaired) electrons. The number of hydrogen-bond acceptors (Lipinski definition) is 0. The summed E-state index contributed by atoms with van der Waals surface area (Å²) < 4.78 is 0.411. The quantitative estimate of drug-likeness (QED) is 0.735. The molecule has 0 saturated carbocycles. The van der Waals surface area contributed by atoms with Crippen molar-refractivity contribution in [3.05, 3.63) is 24.3 Å². The second kappa shape index (κ2) is 2.80. The van der Waals surface area contributed by atoms with Crippen LogP contribution in [0.2, 0.25) is 3.97 Å². The first-order valence-corrected chi connectivity index (χ1v) is 4.58. The molecule has 0 unspecified atom stereocenters. The molecule has 1 heteroatoms. The van der Waals surface area contributed by atoms with Crippen LogP contribution in [0.25, 0.3) is 0 Å². The van der Waals surface area contributed by atoms with Gasteiger partial charge in [-0.25, -0.2) is 0 Å². The summed E-state index contributed by atoms with van der Waals surface area (Å²) in [6, 6.07) is 0. The van der Waals surface area contributed by atoms with Gasteiger partial charge in [-0.15, -0.1) is 0 Å². The van der Waals surface area contributed by atoms with Gasteiger partial charge in [-0.2, -0.15) is 0 Å². The molecule has 0 atom stereocenters. The number of rotatable bonds is 2. The van der Waals surface area contributed by atoms with Gasteiger partial charge in [0.15, 0.2) is 0 Å². The Hall–Kier alpha value is 0.116. The molecule has 0 fully saturated rings. The average Bonchev–Trinajstić information content (AvgIpc) is 2.16. The summed E-state index contributed by atoms with van der Waals surface area (Å²) in [5, 5.41) is 0. The molecule has 0 bridgehead atoms. The molecule has 9 heavy (non-hydrogen) atoms. The Morgan fingerprint density at radius 1 is 1.33 bits per heavy atom. The molecule has 51 valence electrons. The predicted octanol–water partition coefficient (Wildman–Crippen LogP) is 2.62. The van der Waals surface area contributed by atoms with Gasteiger partial charge in [0.1, 0.15) is 0 Å². The van der Waals surface area contributed by atoms with E-state index >= 15 is 0 Å². The van der Waals surface area contributed by atoms with Crippen molar-refractivity contribution < 1.29 is 18.6 Å². The van der Waals surface area contributed by atoms with Crippen molar-refractivity contribution in [2.45, 2.75) is 23.7 Å². The van der Waals surface area contributed by atoms with Crippen LogP contribution in [0.1, 0.15) is 19.8 Å². The maximum atomic E-state index is 2.29. The SMILES string of the molecule is CCC[C]1([Os])C=CC=C1. The fourth-order valence-electron chi connectivity index (χ4n) is 1.03. The molecule has 1 rings (SSSR count). The first kappa shape index (κ1) is 7.23. The topological polar surface area (TPSA) is 0 Å². The zero-order valence-corrected chi connectivity index (χ0v) is 8.12. The van der Waals surface area contributed by atoms with Crippen molar-refractivity contribution in [1.29, 1.82) is 0 Å². The number of hydrogen-bond donors (Lipinski definition) is 0. The Morgan fingerprint density at radius 3 is 2.33 bits per heavy atom. The van der Waals surface area contributed by atoms with Crippen molar-refractivity contribution in [2.75, 3.05) is 0 Å². The van der Waals surface area contributed by atoms with E-state index in [0.717, 1.165) is 0 Å². The van der Waals surface area contributed by atoms with Gasteiger partial charge in [-0.1, -0.05) is 0 Å². The molecule has 0 aromatic heterocycles. The molecule has 1 aliphatic rings. The standard InChI is InChI=1S/C8H11.Os/c1-2-5-8-6-3-4-7-8;/h3-4,6-7H,2,5H2,1H3;. The fraction of sp³-hybridized carbons (Fsp3) is 0.500. The van der Waals surface area contributed by atoms with Crippen molar-refractivity contribution in [3.8, 4) is 0 Å². The van der Waals surface area contributed by atoms with Crippen LogP contribution in [0.4, 0.5) is 0 Å². The van der Waals surface area contributed by atoms with Gasteiger partial charge in [-0.05, 0) is 0 Å². The monoisotopic (exact) mass is 299 g/mol. The third-order valence-electron chi connectivity index (χ3n) is 1.48. The Kier molecular flexibility index (Phi) is 2.25. The predicted molar refractivity (Wildman–Crippen MR) is 35.9 cm³/mol. The fourth-order valence-corrected chi connectivity index (χ4v) is 2.15. The van der Waals surface area contributed by atoms with E-state index in [4.69, 9.17) is 0 Å². The third kappa shape index (κ3) is 1.76. The van der Waals surface area contributed by atoms with Gasteiger partial charge in [0, 0.05) is 0 Å². The van der Waals surface area contributed by atoms with Gasteiger partial charge in [0.25, 0.3) is 0 Å². The van der Waals surface area contributed by atoms with Crippen LogP contribution in [0.5, 0.6) is 0 Å². The van der Waals surface area contributed by atoms with Crippen LogP contribution in [0.15, 0.2) is 24.3 Å². The zero-order chi connectivity index (χ0) is 6.74. The van der Waals surface area contributed by atoms with Crippen molar-refractivity contribution in [2.24, 2.45) is 0 Å². The summed E-state index contributed by atoms with van der Waals surface area (Å²) >= 11 is 2.07. The first-order chi connectivity index (χ1) is 4.27. The van der Waals surface area contributed by atoms with Crippen LogP contribution in [0, 0.1) is 0 Å². The Morgan fingerprint density at radius 2 is 1.89 bits per heavy atom. The molecule has 0 amide bonds. The summed E-state index contributed by atoms with van der Waals surface area (Å²) in [5.41, 5.74) is 0. The molecule has 0 nitrogen and oxygen atoms in total. The van der Waals surface area contributed by atoms with Crippen LogP contribution in [-0.2, 0) is 18.6 Å². The molecule has 0 N–H and O–H groups in total. The van der Waals surface area contributed by atoms with Gasteiger partial charge in [-0.3, -0.25) is 0 Å². The van der Waals surface area contributed by atoms with Crippen molar-refractivity contribution in [1.82, 2.24) is 0 Å². The molecule has 1 aliphatic carbocycles. The van der Waals surface area contributed by atoms with E-state index in [-0.39, 0.29) is 0 Å². The van der Waals surface area contributed by atoms with Gasteiger partial charge < -0.3 is 0 Å². The Labute approximate surface area is 66.9 Å². The minimum absolute atomic E-state index is 0.411. The molecule has 0 spiro atoms. The van der Waals surface area contributed by atoms with E-state index in [1.54, 1.807) is 0 Å². The normalized spacial score (nSPS) is 21.1. The summed E-state index contributed by atoms with van der Waals surface area (Å²) in [5.74, 6) is 0. The zero-order valence-electron chi connectivity index (χ0n) is 5.58. The van der Waals surface area contributed by atoms with Crippen molar-refractivity contribution >= 4 is 0 Å². The summed E-state index contributed by atoms with van der Waals surface area (Å²) in [7, 11) is 0. The maximum absolute atomic E-state index is 2.29. The molecule has 0 saturated heterocycles. The van der Waals surface area contributed by atoms with Gasteiger partial charge in [0.05, 0.1) is 0 Å².